The SMILES string of the molecule is CSN1c2cc3c(cc2B2c4ccccc4Oc4cc(N5c6ccccc6[Si](C)(C)c6ccccc65)cc1c42)B1c2cc4c(cc2Oc2cc(N5c6ccccc6[Si](C)(C)c6ccccc65)cc(c21)O3)Nc1cc(N2c3ccccc3[Si](C)(C)c3ccccc32)cc2c1B4c1ccccc1N2c1ccccc1. The molecule has 9 aliphatic heterocycles. The van der Waals surface area contributed by atoms with Crippen molar-refractivity contribution in [3.8, 4) is 34.5 Å². The molecular weight excluding hydrogens is 1370 g/mol. The summed E-state index contributed by atoms with van der Waals surface area (Å²) >= 11 is 1.73. The van der Waals surface area contributed by atoms with Crippen LogP contribution in [0, 0.1) is 0 Å². The van der Waals surface area contributed by atoms with Gasteiger partial charge in [0.2, 0.25) is 0 Å². The highest BCUT2D eigenvalue weighted by molar-refractivity contribution is 8.00. The molecule has 508 valence electrons. The lowest BCUT2D eigenvalue weighted by Gasteiger charge is -2.44. The van der Waals surface area contributed by atoms with E-state index in [2.05, 4.69) is 360 Å². The third kappa shape index (κ3) is 8.38. The zero-order valence-electron chi connectivity index (χ0n) is 60.2. The normalized spacial score (nSPS) is 16.0. The maximum atomic E-state index is 7.79. The molecule has 9 aliphatic rings. The van der Waals surface area contributed by atoms with Gasteiger partial charge in [0.1, 0.15) is 58.7 Å². The van der Waals surface area contributed by atoms with Crippen LogP contribution in [-0.2, 0) is 0 Å². The van der Waals surface area contributed by atoms with Gasteiger partial charge in [0, 0.05) is 105 Å². The molecule has 14 aromatic rings. The average Bonchev–Trinajstić information content (AvgIpc) is 0.695. The number of hydrogen-bond donors (Lipinski definition) is 1. The van der Waals surface area contributed by atoms with Gasteiger partial charge in [-0.2, -0.15) is 0 Å². The van der Waals surface area contributed by atoms with Crippen LogP contribution in [0.4, 0.5) is 91.0 Å². The molecule has 0 bridgehead atoms. The molecule has 0 fully saturated rings. The molecule has 1 N–H and O–H groups in total. The topological polar surface area (TPSA) is 55.9 Å². The molecule has 0 atom stereocenters. The van der Waals surface area contributed by atoms with Gasteiger partial charge in [0.25, 0.3) is 20.1 Å². The molecule has 0 aliphatic carbocycles. The summed E-state index contributed by atoms with van der Waals surface area (Å²) in [7, 11) is -6.36. The largest absolute Gasteiger partial charge is 0.458 e. The van der Waals surface area contributed by atoms with E-state index in [1.54, 1.807) is 11.9 Å². The first kappa shape index (κ1) is 61.7. The number of nitrogens with one attached hydrogen (secondary N) is 1. The van der Waals surface area contributed by atoms with Crippen molar-refractivity contribution in [3.63, 3.8) is 0 Å². The Labute approximate surface area is 631 Å². The van der Waals surface area contributed by atoms with Crippen LogP contribution in [0.1, 0.15) is 0 Å². The molecule has 9 heterocycles. The van der Waals surface area contributed by atoms with E-state index in [9.17, 15) is 0 Å². The Morgan fingerprint density at radius 1 is 0.262 bits per heavy atom. The first-order valence-corrected chi connectivity index (χ1v) is 47.5. The number of para-hydroxylation sites is 9. The summed E-state index contributed by atoms with van der Waals surface area (Å²) in [5, 5.41) is 12.7. The summed E-state index contributed by atoms with van der Waals surface area (Å²) in [6, 6.07) is 107. The van der Waals surface area contributed by atoms with Crippen molar-refractivity contribution in [1.82, 2.24) is 0 Å². The van der Waals surface area contributed by atoms with Crippen molar-refractivity contribution in [2.45, 2.75) is 39.3 Å². The zero-order chi connectivity index (χ0) is 71.3. The highest BCUT2D eigenvalue weighted by atomic mass is 32.2. The first-order valence-electron chi connectivity index (χ1n) is 37.3. The second kappa shape index (κ2) is 22.1. The van der Waals surface area contributed by atoms with E-state index in [0.717, 1.165) is 119 Å². The lowest BCUT2D eigenvalue weighted by molar-refractivity contribution is 0.465. The second-order valence-corrected chi connectivity index (χ2v) is 45.3. The minimum Gasteiger partial charge on any atom is -0.458 e. The Morgan fingerprint density at radius 2 is 0.645 bits per heavy atom. The summed E-state index contributed by atoms with van der Waals surface area (Å²) in [5.41, 5.74) is 28.5. The fourth-order valence-electron chi connectivity index (χ4n) is 20.2. The molecule has 16 heteroatoms. The lowest BCUT2D eigenvalue weighted by Crippen LogP contribution is -2.64. The number of fused-ring (bicyclic) bond motifs is 18. The third-order valence-electron chi connectivity index (χ3n) is 25.0. The van der Waals surface area contributed by atoms with Crippen LogP contribution in [0.5, 0.6) is 34.5 Å². The van der Waals surface area contributed by atoms with Crippen LogP contribution < -0.4 is 124 Å². The van der Waals surface area contributed by atoms with Crippen LogP contribution in [-0.4, -0.2) is 50.6 Å². The number of rotatable bonds is 5. The standard InChI is InChI=1S/C91H69B3N6O3SSi3/c1-104-100-74-54-79-64(52-62(74)93-60-30-12-20-38-77(60)101-80-48-57(47-76(100)90(80)93)98-70-34-16-23-41-85(70)106(4,5)86-42-24-17-35-71(86)98)94-63-51-61-65(53-78(63)102-81-49-58(50-82(103-79)91(81)94)99-72-36-18-25-43-87(72)107(6,7)88-44-26-19-37-73(88)99)95-66-45-56(97-68-32-14-21-39-83(68)105(2,3)84-40-22-15-33-69(84)97)46-75-89(66)92(61)59-29-11-13-31-67(59)96(75)55-27-9-8-10-28-55/h8-54,95H,1-7H3. The number of nitrogens with zero attached hydrogens (tertiary/aromatic N) is 5. The van der Waals surface area contributed by atoms with Gasteiger partial charge in [-0.1, -0.05) is 215 Å². The Kier molecular flexibility index (Phi) is 12.7. The molecule has 0 amide bonds. The molecular formula is C91H69B3N6O3SSi3. The molecule has 0 spiro atoms. The van der Waals surface area contributed by atoms with Crippen LogP contribution in [0.2, 0.25) is 39.3 Å². The summed E-state index contributed by atoms with van der Waals surface area (Å²) in [6.45, 7) is 14.3. The number of anilines is 16. The summed E-state index contributed by atoms with van der Waals surface area (Å²) < 4.78 is 25.3. The zero-order valence-corrected chi connectivity index (χ0v) is 64.1. The van der Waals surface area contributed by atoms with Gasteiger partial charge < -0.3 is 39.1 Å². The average molecular weight is 1440 g/mol. The third-order valence-corrected chi connectivity index (χ3v) is 36.4. The molecule has 0 aromatic heterocycles. The number of benzene rings is 14. The lowest BCUT2D eigenvalue weighted by atomic mass is 9.30. The van der Waals surface area contributed by atoms with E-state index in [4.69, 9.17) is 14.2 Å². The van der Waals surface area contributed by atoms with Crippen molar-refractivity contribution in [3.05, 3.63) is 285 Å². The van der Waals surface area contributed by atoms with E-state index >= 15 is 0 Å². The highest BCUT2D eigenvalue weighted by Crippen LogP contribution is 2.52. The Morgan fingerprint density at radius 3 is 1.17 bits per heavy atom. The van der Waals surface area contributed by atoms with Gasteiger partial charge in [-0.25, -0.2) is 0 Å². The fraction of sp³-hybridized carbons (Fsp3) is 0.0769. The smallest absolute Gasteiger partial charge is 0.260 e. The Bertz CT molecular complexity index is 6170. The van der Waals surface area contributed by atoms with Gasteiger partial charge >= 0.3 is 0 Å². The Hall–Kier alpha value is -11.5. The molecule has 0 saturated carbocycles. The van der Waals surface area contributed by atoms with Crippen molar-refractivity contribution in [2.24, 2.45) is 0 Å². The molecule has 9 nitrogen and oxygen atoms in total. The van der Waals surface area contributed by atoms with E-state index in [1.807, 2.05) is 0 Å². The van der Waals surface area contributed by atoms with Crippen LogP contribution in [0.3, 0.4) is 0 Å². The van der Waals surface area contributed by atoms with Gasteiger partial charge in [-0.05, 0) is 166 Å². The first-order chi connectivity index (χ1) is 52.3. The second-order valence-electron chi connectivity index (χ2n) is 31.5. The van der Waals surface area contributed by atoms with Crippen LogP contribution in [0.25, 0.3) is 0 Å². The molecule has 0 saturated heterocycles. The monoisotopic (exact) mass is 1440 g/mol. The number of hydrogen-bond acceptors (Lipinski definition) is 10. The van der Waals surface area contributed by atoms with Gasteiger partial charge in [0.15, 0.2) is 0 Å². The van der Waals surface area contributed by atoms with Gasteiger partial charge in [-0.3, -0.25) is 4.31 Å². The minimum absolute atomic E-state index is 0.161. The molecule has 107 heavy (non-hydrogen) atoms. The fourth-order valence-corrected chi connectivity index (χ4v) is 29.9. The molecule has 0 unspecified atom stereocenters. The van der Waals surface area contributed by atoms with Crippen molar-refractivity contribution < 1.29 is 14.2 Å². The summed E-state index contributed by atoms with van der Waals surface area (Å²) in [5.74, 6) is 4.92. The van der Waals surface area contributed by atoms with E-state index in [0.29, 0.717) is 0 Å². The quantitative estimate of drug-likeness (QED) is 0.133. The maximum absolute atomic E-state index is 7.79. The van der Waals surface area contributed by atoms with Gasteiger partial charge in [-0.15, -0.1) is 0 Å². The molecule has 14 aromatic carbocycles. The Balaban J connectivity index is 0.751. The highest BCUT2D eigenvalue weighted by Gasteiger charge is 2.51. The van der Waals surface area contributed by atoms with E-state index < -0.39 is 24.2 Å². The van der Waals surface area contributed by atoms with E-state index in [-0.39, 0.29) is 20.1 Å². The maximum Gasteiger partial charge on any atom is 0.260 e. The molecule has 23 rings (SSSR count). The van der Waals surface area contributed by atoms with Crippen molar-refractivity contribution in [1.29, 1.82) is 0 Å². The van der Waals surface area contributed by atoms with Crippen LogP contribution >= 0.6 is 11.9 Å². The summed E-state index contributed by atoms with van der Waals surface area (Å²) in [6.07, 6.45) is 2.21. The van der Waals surface area contributed by atoms with Crippen molar-refractivity contribution >= 4 is 228 Å². The molecule has 0 radical (unpaired) electrons. The van der Waals surface area contributed by atoms with Gasteiger partial charge in [0.05, 0.1) is 28.4 Å². The number of ether oxygens (including phenoxy) is 3. The van der Waals surface area contributed by atoms with E-state index in [1.165, 1.54) is 87.1 Å². The van der Waals surface area contributed by atoms with Crippen molar-refractivity contribution in [2.75, 3.05) is 35.5 Å². The minimum atomic E-state index is -2.15. The predicted molar refractivity (Wildman–Crippen MR) is 461 cm³/mol. The predicted octanol–water partition coefficient (Wildman–Crippen LogP) is 13.9. The van der Waals surface area contributed by atoms with Crippen LogP contribution in [0.15, 0.2) is 285 Å². The summed E-state index contributed by atoms with van der Waals surface area (Å²) in [4.78, 5) is 10.00.